The Labute approximate surface area is 61.3 Å². The topological polar surface area (TPSA) is 40.5 Å². The summed E-state index contributed by atoms with van der Waals surface area (Å²) in [6.07, 6.45) is 0. The van der Waals surface area contributed by atoms with Crippen LogP contribution in [-0.2, 0) is 19.2 Å². The van der Waals surface area contributed by atoms with Crippen molar-refractivity contribution in [2.24, 2.45) is 0 Å². The van der Waals surface area contributed by atoms with Crippen molar-refractivity contribution in [1.29, 1.82) is 0 Å². The molecule has 0 saturated carbocycles. The van der Waals surface area contributed by atoms with Crippen LogP contribution in [0.4, 0.5) is 4.79 Å². The first-order chi connectivity index (χ1) is 3.18. The Morgan fingerprint density at radius 2 is 2.29 bits per heavy atom. The zero-order valence-electron chi connectivity index (χ0n) is 3.11. The first-order valence-corrected chi connectivity index (χ1v) is 3.86. The van der Waals surface area contributed by atoms with Gasteiger partial charge in [-0.1, -0.05) is 0 Å². The van der Waals surface area contributed by atoms with E-state index in [4.69, 9.17) is 3.76 Å². The van der Waals surface area contributed by atoms with Gasteiger partial charge in [-0.15, -0.1) is 0 Å². The normalized spacial score (nSPS) is 8.43. The number of rotatable bonds is 1. The Morgan fingerprint density at radius 1 is 1.86 bits per heavy atom. The molecule has 3 nitrogen and oxygen atoms in total. The molecule has 0 unspecified atom stereocenters. The predicted octanol–water partition coefficient (Wildman–Crippen LogP) is 0.0878. The second kappa shape index (κ2) is 3.78. The summed E-state index contributed by atoms with van der Waals surface area (Å²) in [6, 6.07) is 0. The number of hydrogen-bond acceptors (Lipinski definition) is 3. The Kier molecular flexibility index (Phi) is 4.22. The molecule has 0 radical (unpaired) electrons. The molecule has 0 heterocycles. The van der Waals surface area contributed by atoms with Gasteiger partial charge in [-0.05, 0) is 0 Å². The quantitative estimate of drug-likeness (QED) is 0.433. The van der Waals surface area contributed by atoms with E-state index in [1.807, 2.05) is 0 Å². The minimum absolute atomic E-state index is 0.506. The van der Waals surface area contributed by atoms with Gasteiger partial charge in [-0.3, -0.25) is 0 Å². The molecule has 0 aromatic rings. The molecule has 0 aliphatic rings. The zero-order chi connectivity index (χ0) is 5.86. The van der Waals surface area contributed by atoms with Crippen molar-refractivity contribution in [1.82, 2.24) is 2.86 Å². The van der Waals surface area contributed by atoms with Gasteiger partial charge in [0.1, 0.15) is 0 Å². The summed E-state index contributed by atoms with van der Waals surface area (Å²) in [6.45, 7) is 0. The molecule has 7 heavy (non-hydrogen) atoms. The Morgan fingerprint density at radius 3 is 2.29 bits per heavy atom. The summed E-state index contributed by atoms with van der Waals surface area (Å²) in [5, 5.41) is -0.506. The molecule has 0 rings (SSSR count). The fourth-order valence-electron chi connectivity index (χ4n) is 0.0349. The fourth-order valence-corrected chi connectivity index (χ4v) is 0.423. The van der Waals surface area contributed by atoms with Crippen LogP contribution in [0.2, 0.25) is 0 Å². The van der Waals surface area contributed by atoms with E-state index in [2.05, 4.69) is 25.4 Å². The van der Waals surface area contributed by atoms with E-state index in [0.29, 0.717) is 0 Å². The van der Waals surface area contributed by atoms with Crippen molar-refractivity contribution >= 4 is 30.7 Å². The van der Waals surface area contributed by atoms with Crippen molar-refractivity contribution in [3.8, 4) is 0 Å². The van der Waals surface area contributed by atoms with E-state index in [9.17, 15) is 4.79 Å². The van der Waals surface area contributed by atoms with Gasteiger partial charge in [0.2, 0.25) is 0 Å². The van der Waals surface area contributed by atoms with Crippen LogP contribution in [0.1, 0.15) is 0 Å². The number of hydrogen-bond donors (Lipinski definition) is 3. The average molecular weight is 221 g/mol. The van der Waals surface area contributed by atoms with Crippen LogP contribution < -0.4 is 0 Å². The Bertz CT molecular complexity index is 78.1. The fraction of sp³-hybridized carbons (Fsp3) is 0. The monoisotopic (exact) mass is 223 g/mol. The van der Waals surface area contributed by atoms with Gasteiger partial charge in [0, 0.05) is 0 Å². The molecule has 0 saturated heterocycles. The number of carbonyl (C=O) groups is 1. The van der Waals surface area contributed by atoms with E-state index in [1.165, 1.54) is 0 Å². The Balaban J connectivity index is 3.34. The van der Waals surface area contributed by atoms with Gasteiger partial charge < -0.3 is 0 Å². The second-order valence-electron chi connectivity index (χ2n) is 0.637. The number of thiol groups is 2. The molecule has 0 atom stereocenters. The molecule has 0 aliphatic heterocycles. The van der Waals surface area contributed by atoms with Crippen molar-refractivity contribution in [2.75, 3.05) is 0 Å². The molecule has 0 fully saturated rings. The van der Waals surface area contributed by atoms with E-state index >= 15 is 0 Å². The molecular formula is CH3MoNO2S2. The van der Waals surface area contributed by atoms with E-state index in [-0.39, 0.29) is 0 Å². The number of carbonyl (C=O) groups excluding carboxylic acids is 1. The van der Waals surface area contributed by atoms with Crippen molar-refractivity contribution < 1.29 is 27.7 Å². The summed E-state index contributed by atoms with van der Waals surface area (Å²) in [4.78, 5) is 9.96. The van der Waals surface area contributed by atoms with Crippen molar-refractivity contribution in [3.05, 3.63) is 0 Å². The van der Waals surface area contributed by atoms with Crippen LogP contribution in [0, 0.1) is 0 Å². The van der Waals surface area contributed by atoms with Crippen molar-refractivity contribution in [3.63, 3.8) is 0 Å². The van der Waals surface area contributed by atoms with Gasteiger partial charge >= 0.3 is 61.3 Å². The third-order valence-corrected chi connectivity index (χ3v) is 2.36. The average Bonchev–Trinajstić information content (AvgIpc) is 1.65. The van der Waals surface area contributed by atoms with Crippen LogP contribution in [-0.4, -0.2) is 11.9 Å². The summed E-state index contributed by atoms with van der Waals surface area (Å²) < 4.78 is 9.11. The van der Waals surface area contributed by atoms with Crippen LogP contribution in [0.15, 0.2) is 0 Å². The third-order valence-electron chi connectivity index (χ3n) is 0.241. The number of amides is 1. The Hall–Kier alpha value is 0.818. The summed E-state index contributed by atoms with van der Waals surface area (Å²) >= 11 is 5.52. The van der Waals surface area contributed by atoms with Gasteiger partial charge in [0.25, 0.3) is 0 Å². The first-order valence-electron chi connectivity index (χ1n) is 1.22. The third kappa shape index (κ3) is 3.40. The molecular weight excluding hydrogens is 218 g/mol. The summed E-state index contributed by atoms with van der Waals surface area (Å²) in [7, 11) is 0. The predicted molar refractivity (Wildman–Crippen MR) is 27.4 cm³/mol. The molecule has 42 valence electrons. The SMILES string of the molecule is O=C(S)[N](S)[Mo][OH]. The molecule has 0 spiro atoms. The second-order valence-corrected chi connectivity index (χ2v) is 3.44. The van der Waals surface area contributed by atoms with E-state index in [0.717, 1.165) is 2.86 Å². The van der Waals surface area contributed by atoms with Crippen LogP contribution in [0.5, 0.6) is 0 Å². The summed E-state index contributed by atoms with van der Waals surface area (Å²) in [5.74, 6) is 0. The van der Waals surface area contributed by atoms with Crippen LogP contribution in [0.3, 0.4) is 0 Å². The molecule has 0 aromatic carbocycles. The minimum atomic E-state index is -1.37. The van der Waals surface area contributed by atoms with Gasteiger partial charge in [0.15, 0.2) is 0 Å². The molecule has 1 amide bonds. The van der Waals surface area contributed by atoms with E-state index in [1.54, 1.807) is 0 Å². The first kappa shape index (κ1) is 7.82. The van der Waals surface area contributed by atoms with Gasteiger partial charge in [0.05, 0.1) is 0 Å². The maximum absolute atomic E-state index is 9.96. The number of nitrogens with zero attached hydrogens (tertiary/aromatic N) is 1. The summed E-state index contributed by atoms with van der Waals surface area (Å²) in [5.41, 5.74) is 0. The molecule has 1 N–H and O–H groups in total. The van der Waals surface area contributed by atoms with Gasteiger partial charge in [-0.25, -0.2) is 0 Å². The molecule has 0 bridgehead atoms. The molecule has 6 heteroatoms. The van der Waals surface area contributed by atoms with Crippen LogP contribution in [0.25, 0.3) is 0 Å². The molecule has 0 aliphatic carbocycles. The van der Waals surface area contributed by atoms with Crippen LogP contribution >= 0.6 is 25.4 Å². The molecule has 0 aromatic heterocycles. The van der Waals surface area contributed by atoms with E-state index < -0.39 is 24.4 Å². The zero-order valence-corrected chi connectivity index (χ0v) is 6.90. The maximum atomic E-state index is 9.96. The van der Waals surface area contributed by atoms with Gasteiger partial charge in [-0.2, -0.15) is 0 Å². The standard InChI is InChI=1S/CH3NOS2.Mo.H2O/c3-1(4)2-5;;/h(H3,2,3,4,5);;1H2/q;+2;/p-2. The van der Waals surface area contributed by atoms with Crippen molar-refractivity contribution in [2.45, 2.75) is 0 Å².